The molecule has 0 bridgehead atoms. The van der Waals surface area contributed by atoms with Gasteiger partial charge in [0.1, 0.15) is 30.2 Å². The van der Waals surface area contributed by atoms with Crippen molar-refractivity contribution < 1.29 is 19.7 Å². The summed E-state index contributed by atoms with van der Waals surface area (Å²) in [6, 6.07) is 0. The van der Waals surface area contributed by atoms with E-state index in [1.807, 2.05) is 0 Å². The Morgan fingerprint density at radius 2 is 1.95 bits per heavy atom. The molecule has 2 rings (SSSR count). The Labute approximate surface area is 121 Å². The van der Waals surface area contributed by atoms with E-state index in [4.69, 9.17) is 15.2 Å². The van der Waals surface area contributed by atoms with Gasteiger partial charge in [-0.05, 0) is 0 Å². The highest BCUT2D eigenvalue weighted by Gasteiger charge is 2.28. The SMILES string of the molecule is CO[C@@H](Cn1cnc2c(N)ncnc21)[C@H](O)[C@@H](CO)OC. The van der Waals surface area contributed by atoms with Gasteiger partial charge in [-0.25, -0.2) is 15.0 Å². The number of nitrogen functional groups attached to an aromatic ring is 1. The number of aromatic nitrogens is 4. The zero-order valence-electron chi connectivity index (χ0n) is 11.9. The van der Waals surface area contributed by atoms with Crippen molar-refractivity contribution in [3.05, 3.63) is 12.7 Å². The maximum Gasteiger partial charge on any atom is 0.165 e. The third kappa shape index (κ3) is 3.10. The predicted octanol–water partition coefficient (Wildman–Crippen LogP) is -1.21. The number of anilines is 1. The van der Waals surface area contributed by atoms with E-state index in [2.05, 4.69) is 15.0 Å². The molecule has 2 aromatic heterocycles. The minimum absolute atomic E-state index is 0.282. The first-order valence-electron chi connectivity index (χ1n) is 6.38. The van der Waals surface area contributed by atoms with Gasteiger partial charge in [-0.15, -0.1) is 0 Å². The van der Waals surface area contributed by atoms with E-state index < -0.39 is 18.3 Å². The van der Waals surface area contributed by atoms with Crippen molar-refractivity contribution in [2.24, 2.45) is 0 Å². The molecule has 0 spiro atoms. The monoisotopic (exact) mass is 297 g/mol. The van der Waals surface area contributed by atoms with Crippen molar-refractivity contribution in [3.63, 3.8) is 0 Å². The van der Waals surface area contributed by atoms with Crippen LogP contribution in [0.5, 0.6) is 0 Å². The lowest BCUT2D eigenvalue weighted by atomic mass is 10.1. The van der Waals surface area contributed by atoms with Crippen LogP contribution < -0.4 is 5.73 Å². The van der Waals surface area contributed by atoms with Gasteiger partial charge in [0.25, 0.3) is 0 Å². The van der Waals surface area contributed by atoms with E-state index in [1.165, 1.54) is 20.5 Å². The smallest absolute Gasteiger partial charge is 0.165 e. The van der Waals surface area contributed by atoms with Crippen molar-refractivity contribution in [2.45, 2.75) is 24.9 Å². The van der Waals surface area contributed by atoms with Crippen molar-refractivity contribution >= 4 is 17.0 Å². The largest absolute Gasteiger partial charge is 0.394 e. The van der Waals surface area contributed by atoms with Crippen molar-refractivity contribution in [1.29, 1.82) is 0 Å². The third-order valence-electron chi connectivity index (χ3n) is 3.35. The van der Waals surface area contributed by atoms with Gasteiger partial charge in [0.15, 0.2) is 11.5 Å². The molecule has 0 aliphatic heterocycles. The van der Waals surface area contributed by atoms with Crippen molar-refractivity contribution in [3.8, 4) is 0 Å². The fourth-order valence-electron chi connectivity index (χ4n) is 2.11. The van der Waals surface area contributed by atoms with Gasteiger partial charge in [-0.1, -0.05) is 0 Å². The van der Waals surface area contributed by atoms with E-state index >= 15 is 0 Å². The lowest BCUT2D eigenvalue weighted by Crippen LogP contribution is -2.43. The van der Waals surface area contributed by atoms with Crippen molar-refractivity contribution in [2.75, 3.05) is 26.6 Å². The predicted molar refractivity (Wildman–Crippen MR) is 74.4 cm³/mol. The van der Waals surface area contributed by atoms with Crippen LogP contribution in [-0.4, -0.2) is 68.9 Å². The fourth-order valence-corrected chi connectivity index (χ4v) is 2.11. The molecule has 2 aromatic rings. The van der Waals surface area contributed by atoms with Crippen LogP contribution in [0.15, 0.2) is 12.7 Å². The van der Waals surface area contributed by atoms with Gasteiger partial charge in [0.2, 0.25) is 0 Å². The molecule has 21 heavy (non-hydrogen) atoms. The molecule has 9 heteroatoms. The number of imidazole rings is 1. The van der Waals surface area contributed by atoms with Gasteiger partial charge in [-0.3, -0.25) is 0 Å². The lowest BCUT2D eigenvalue weighted by molar-refractivity contribution is -0.107. The first-order chi connectivity index (χ1) is 10.1. The standard InChI is InChI=1S/C12H19N5O4/c1-20-7(10(19)8(4-18)21-2)3-17-6-16-9-11(13)14-5-15-12(9)17/h5-8,10,18-19H,3-4H2,1-2H3,(H2,13,14,15)/t7-,8+,10-/m0/s1. The summed E-state index contributed by atoms with van der Waals surface area (Å²) in [7, 11) is 2.89. The van der Waals surface area contributed by atoms with Crippen molar-refractivity contribution in [1.82, 2.24) is 19.5 Å². The molecule has 0 fully saturated rings. The topological polar surface area (TPSA) is 129 Å². The molecule has 2 heterocycles. The maximum absolute atomic E-state index is 10.2. The van der Waals surface area contributed by atoms with Crippen LogP contribution >= 0.6 is 0 Å². The number of nitrogens with two attached hydrogens (primary N) is 1. The molecule has 4 N–H and O–H groups in total. The molecule has 0 aliphatic carbocycles. The van der Waals surface area contributed by atoms with E-state index in [1.54, 1.807) is 10.9 Å². The summed E-state index contributed by atoms with van der Waals surface area (Å²) in [5.74, 6) is 0.290. The number of hydrogen-bond acceptors (Lipinski definition) is 8. The van der Waals surface area contributed by atoms with Crippen LogP contribution in [-0.2, 0) is 16.0 Å². The fraction of sp³-hybridized carbons (Fsp3) is 0.583. The van der Waals surface area contributed by atoms with Crippen LogP contribution in [0.1, 0.15) is 0 Å². The second-order valence-electron chi connectivity index (χ2n) is 4.55. The average Bonchev–Trinajstić information content (AvgIpc) is 2.90. The Morgan fingerprint density at radius 1 is 1.24 bits per heavy atom. The molecule has 0 radical (unpaired) electrons. The Bertz CT molecular complexity index is 586. The molecule has 9 nitrogen and oxygen atoms in total. The first-order valence-corrected chi connectivity index (χ1v) is 6.38. The molecule has 116 valence electrons. The second-order valence-corrected chi connectivity index (χ2v) is 4.55. The van der Waals surface area contributed by atoms with Gasteiger partial charge < -0.3 is 30.0 Å². The quantitative estimate of drug-likeness (QED) is 0.581. The Kier molecular flexibility index (Phi) is 5.02. The van der Waals surface area contributed by atoms with Crippen LogP contribution in [0.25, 0.3) is 11.2 Å². The Balaban J connectivity index is 2.23. The molecular formula is C12H19N5O4. The lowest BCUT2D eigenvalue weighted by Gasteiger charge is -2.27. The van der Waals surface area contributed by atoms with Gasteiger partial charge in [0.05, 0.1) is 19.5 Å². The van der Waals surface area contributed by atoms with E-state index in [0.717, 1.165) is 0 Å². The zero-order chi connectivity index (χ0) is 15.4. The summed E-state index contributed by atoms with van der Waals surface area (Å²) in [5.41, 5.74) is 6.77. The summed E-state index contributed by atoms with van der Waals surface area (Å²) >= 11 is 0. The number of rotatable bonds is 7. The van der Waals surface area contributed by atoms with Crippen LogP contribution in [0.3, 0.4) is 0 Å². The van der Waals surface area contributed by atoms with Gasteiger partial charge >= 0.3 is 0 Å². The maximum atomic E-state index is 10.2. The summed E-state index contributed by atoms with van der Waals surface area (Å²) in [6.07, 6.45) is 0.566. The minimum Gasteiger partial charge on any atom is -0.394 e. The first kappa shape index (κ1) is 15.6. The van der Waals surface area contributed by atoms with E-state index in [0.29, 0.717) is 17.0 Å². The number of ether oxygens (including phenoxy) is 2. The van der Waals surface area contributed by atoms with Crippen LogP contribution in [0.4, 0.5) is 5.82 Å². The number of aliphatic hydroxyl groups is 2. The molecule has 0 amide bonds. The number of aliphatic hydroxyl groups excluding tert-OH is 2. The minimum atomic E-state index is -0.998. The molecular weight excluding hydrogens is 278 g/mol. The zero-order valence-corrected chi connectivity index (χ0v) is 11.9. The number of methoxy groups -OCH3 is 2. The van der Waals surface area contributed by atoms with E-state index in [-0.39, 0.29) is 13.2 Å². The molecule has 0 saturated carbocycles. The van der Waals surface area contributed by atoms with Crippen LogP contribution in [0.2, 0.25) is 0 Å². The molecule has 0 aromatic carbocycles. The second kappa shape index (κ2) is 6.76. The number of hydrogen-bond donors (Lipinski definition) is 3. The molecule has 3 atom stereocenters. The summed E-state index contributed by atoms with van der Waals surface area (Å²) < 4.78 is 12.0. The van der Waals surface area contributed by atoms with Gasteiger partial charge in [-0.2, -0.15) is 0 Å². The average molecular weight is 297 g/mol. The Morgan fingerprint density at radius 3 is 2.57 bits per heavy atom. The highest BCUT2D eigenvalue weighted by Crippen LogP contribution is 2.16. The summed E-state index contributed by atoms with van der Waals surface area (Å²) in [5, 5.41) is 19.4. The van der Waals surface area contributed by atoms with E-state index in [9.17, 15) is 10.2 Å². The highest BCUT2D eigenvalue weighted by molar-refractivity contribution is 5.81. The summed E-state index contributed by atoms with van der Waals surface area (Å²) in [4.78, 5) is 12.1. The third-order valence-corrected chi connectivity index (χ3v) is 3.35. The highest BCUT2D eigenvalue weighted by atomic mass is 16.5. The van der Waals surface area contributed by atoms with Gasteiger partial charge in [0, 0.05) is 14.2 Å². The molecule has 0 unspecified atom stereocenters. The number of fused-ring (bicyclic) bond motifs is 1. The molecule has 0 aliphatic rings. The molecule has 0 saturated heterocycles. The normalized spacial score (nSPS) is 16.0. The summed E-state index contributed by atoms with van der Waals surface area (Å²) in [6.45, 7) is -0.0260. The number of nitrogens with zero attached hydrogens (tertiary/aromatic N) is 4. The van der Waals surface area contributed by atoms with Crippen LogP contribution in [0, 0.1) is 0 Å². The Hall–Kier alpha value is -1.81.